The van der Waals surface area contributed by atoms with Crippen LogP contribution in [0.2, 0.25) is 0 Å². The Kier molecular flexibility index (Phi) is 7.11. The van der Waals surface area contributed by atoms with E-state index in [9.17, 15) is 9.00 Å². The summed E-state index contributed by atoms with van der Waals surface area (Å²) in [6.07, 6.45) is -0.345. The summed E-state index contributed by atoms with van der Waals surface area (Å²) in [5, 5.41) is -0.278. The van der Waals surface area contributed by atoms with Gasteiger partial charge in [-0.1, -0.05) is 37.3 Å². The van der Waals surface area contributed by atoms with Crippen molar-refractivity contribution < 1.29 is 32.7 Å². The van der Waals surface area contributed by atoms with Crippen LogP contribution < -0.4 is 0 Å². The first-order valence-electron chi connectivity index (χ1n) is 13.0. The van der Waals surface area contributed by atoms with Crippen LogP contribution >= 0.6 is 0 Å². The fourth-order valence-electron chi connectivity index (χ4n) is 6.53. The van der Waals surface area contributed by atoms with Gasteiger partial charge in [0.05, 0.1) is 23.9 Å². The molecule has 1 unspecified atom stereocenters. The van der Waals surface area contributed by atoms with E-state index in [0.29, 0.717) is 18.8 Å². The molecule has 4 aliphatic heterocycles. The zero-order valence-electron chi connectivity index (χ0n) is 22.0. The molecule has 5 rings (SSSR count). The maximum Gasteiger partial charge on any atom is 0.254 e. The van der Waals surface area contributed by atoms with Crippen LogP contribution in [0, 0.1) is 5.92 Å². The molecular formula is C27H39NO7S. The van der Waals surface area contributed by atoms with Gasteiger partial charge in [-0.3, -0.25) is 9.00 Å². The molecule has 1 aromatic carbocycles. The molecule has 0 spiro atoms. The highest BCUT2D eigenvalue weighted by molar-refractivity contribution is 7.85. The van der Waals surface area contributed by atoms with Gasteiger partial charge in [0.15, 0.2) is 17.7 Å². The van der Waals surface area contributed by atoms with Gasteiger partial charge in [-0.05, 0) is 46.1 Å². The van der Waals surface area contributed by atoms with Crippen molar-refractivity contribution in [2.45, 2.75) is 101 Å². The zero-order valence-corrected chi connectivity index (χ0v) is 22.9. The van der Waals surface area contributed by atoms with E-state index in [4.69, 9.17) is 23.7 Å². The predicted octanol–water partition coefficient (Wildman–Crippen LogP) is 2.65. The summed E-state index contributed by atoms with van der Waals surface area (Å²) in [4.78, 5) is 15.3. The van der Waals surface area contributed by atoms with E-state index in [1.54, 1.807) is 7.11 Å². The molecule has 0 bridgehead atoms. The lowest BCUT2D eigenvalue weighted by atomic mass is 9.84. The minimum Gasteiger partial charge on any atom is -0.369 e. The first-order chi connectivity index (χ1) is 17.1. The number of methoxy groups -OCH3 is 1. The maximum atomic E-state index is 13.9. The van der Waals surface area contributed by atoms with Gasteiger partial charge in [-0.15, -0.1) is 0 Å². The molecule has 0 N–H and O–H groups in total. The van der Waals surface area contributed by atoms with Crippen molar-refractivity contribution in [3.63, 3.8) is 0 Å². The van der Waals surface area contributed by atoms with E-state index >= 15 is 0 Å². The number of nitrogens with zero attached hydrogens (tertiary/aromatic N) is 1. The Balaban J connectivity index is 1.54. The Bertz CT molecular complexity index is 986. The highest BCUT2D eigenvalue weighted by atomic mass is 32.2. The first kappa shape index (κ1) is 26.3. The number of hydrogen-bond donors (Lipinski definition) is 0. The molecule has 36 heavy (non-hydrogen) atoms. The fraction of sp³-hybridized carbons (Fsp3) is 0.741. The monoisotopic (exact) mass is 521 g/mol. The average Bonchev–Trinajstić information content (AvgIpc) is 3.43. The molecule has 0 aliphatic carbocycles. The summed E-state index contributed by atoms with van der Waals surface area (Å²) in [5.74, 6) is -1.13. The van der Waals surface area contributed by atoms with Crippen LogP contribution in [0.5, 0.6) is 0 Å². The smallest absolute Gasteiger partial charge is 0.254 e. The van der Waals surface area contributed by atoms with Gasteiger partial charge in [0.25, 0.3) is 5.91 Å². The normalized spacial score (nSPS) is 39.7. The second-order valence-corrected chi connectivity index (χ2v) is 12.9. The van der Waals surface area contributed by atoms with Crippen LogP contribution in [0.3, 0.4) is 0 Å². The quantitative estimate of drug-likeness (QED) is 0.487. The molecule has 0 saturated carbocycles. The van der Waals surface area contributed by atoms with Crippen LogP contribution in [-0.4, -0.2) is 87.8 Å². The summed E-state index contributed by atoms with van der Waals surface area (Å²) in [5.41, 5.74) is 1.16. The number of carbonyl (C=O) groups is 1. The molecule has 1 aromatic rings. The van der Waals surface area contributed by atoms with E-state index in [2.05, 4.69) is 12.1 Å². The summed E-state index contributed by atoms with van der Waals surface area (Å²) in [6.45, 7) is 9.93. The first-order valence-corrected chi connectivity index (χ1v) is 14.4. The van der Waals surface area contributed by atoms with Crippen molar-refractivity contribution in [2.24, 2.45) is 5.92 Å². The van der Waals surface area contributed by atoms with Gasteiger partial charge in [0.2, 0.25) is 0 Å². The number of fused-ring (bicyclic) bond motifs is 1. The largest absolute Gasteiger partial charge is 0.369 e. The third-order valence-electron chi connectivity index (χ3n) is 7.82. The lowest BCUT2D eigenvalue weighted by Gasteiger charge is -2.47. The topological polar surface area (TPSA) is 83.5 Å². The van der Waals surface area contributed by atoms with Crippen molar-refractivity contribution in [3.05, 3.63) is 35.9 Å². The van der Waals surface area contributed by atoms with E-state index in [0.717, 1.165) is 12.0 Å². The summed E-state index contributed by atoms with van der Waals surface area (Å²) in [7, 11) is 0.409. The number of β-lactam (4-membered cyclic amide) rings is 1. The molecule has 0 radical (unpaired) electrons. The van der Waals surface area contributed by atoms with Crippen molar-refractivity contribution >= 4 is 16.7 Å². The molecule has 1 amide bonds. The second kappa shape index (κ2) is 9.75. The molecule has 4 saturated heterocycles. The molecule has 4 fully saturated rings. The van der Waals surface area contributed by atoms with E-state index in [1.165, 1.54) is 0 Å². The minimum absolute atomic E-state index is 0.0300. The summed E-state index contributed by atoms with van der Waals surface area (Å²) < 4.78 is 44.5. The highest BCUT2D eigenvalue weighted by Crippen LogP contribution is 2.50. The molecule has 4 aliphatic rings. The van der Waals surface area contributed by atoms with E-state index in [1.807, 2.05) is 57.7 Å². The van der Waals surface area contributed by atoms with Gasteiger partial charge in [0, 0.05) is 29.6 Å². The Labute approximate surface area is 216 Å². The number of benzene rings is 1. The molecule has 8 nitrogen and oxygen atoms in total. The van der Waals surface area contributed by atoms with Gasteiger partial charge in [0.1, 0.15) is 18.3 Å². The van der Waals surface area contributed by atoms with Crippen LogP contribution in [-0.2, 0) is 45.7 Å². The molecule has 9 heteroatoms. The Morgan fingerprint density at radius 2 is 1.72 bits per heavy atom. The van der Waals surface area contributed by atoms with Crippen LogP contribution in [0.15, 0.2) is 30.3 Å². The number of rotatable bonds is 8. The van der Waals surface area contributed by atoms with Crippen LogP contribution in [0.4, 0.5) is 0 Å². The Morgan fingerprint density at radius 1 is 1.03 bits per heavy atom. The van der Waals surface area contributed by atoms with Gasteiger partial charge in [-0.2, -0.15) is 0 Å². The number of ether oxygens (including phenoxy) is 5. The standard InChI is InChI=1S/C27H39NO7S/c1-7-13-36(30)24-17(14-16-11-9-8-10-12-16)19-23(31-6)25(29)28(19)20(24)22-21(34-27(4,5)35-22)18-15-32-26(2,3)33-18/h8-12,17-24H,7,13-15H2,1-6H3/t17-,18+,19+,20+,21+,22+,23-,24-,36?/m0/s1. The third-order valence-corrected chi connectivity index (χ3v) is 9.87. The lowest BCUT2D eigenvalue weighted by molar-refractivity contribution is -0.180. The minimum atomic E-state index is -1.17. The maximum absolute atomic E-state index is 13.9. The van der Waals surface area contributed by atoms with Crippen molar-refractivity contribution in [1.82, 2.24) is 4.90 Å². The molecule has 0 aromatic heterocycles. The van der Waals surface area contributed by atoms with E-state index < -0.39 is 46.7 Å². The van der Waals surface area contributed by atoms with Crippen LogP contribution in [0.25, 0.3) is 0 Å². The van der Waals surface area contributed by atoms with Gasteiger partial charge in [-0.25, -0.2) is 0 Å². The number of hydrogen-bond acceptors (Lipinski definition) is 7. The van der Waals surface area contributed by atoms with E-state index in [-0.39, 0.29) is 29.2 Å². The fourth-order valence-corrected chi connectivity index (χ4v) is 8.45. The third kappa shape index (κ3) is 4.56. The second-order valence-electron chi connectivity index (χ2n) is 11.2. The van der Waals surface area contributed by atoms with Crippen molar-refractivity contribution in [3.8, 4) is 0 Å². The average molecular weight is 522 g/mol. The van der Waals surface area contributed by atoms with Crippen LogP contribution in [0.1, 0.15) is 46.6 Å². The SMILES string of the molecule is CCCS(=O)[C@H]1[C@@H](Cc2ccccc2)[C@@H]2[C@H](OC)C(=O)N2[C@@H]1[C@H]1OC(C)(C)O[C@@H]1[C@H]1COC(C)(C)O1. The molecule has 4 heterocycles. The summed E-state index contributed by atoms with van der Waals surface area (Å²) >= 11 is 0. The lowest BCUT2D eigenvalue weighted by Crippen LogP contribution is -2.68. The Hall–Kier alpha value is -1.36. The predicted molar refractivity (Wildman–Crippen MR) is 135 cm³/mol. The van der Waals surface area contributed by atoms with Gasteiger partial charge >= 0.3 is 0 Å². The summed E-state index contributed by atoms with van der Waals surface area (Å²) in [6, 6.07) is 9.63. The molecular weight excluding hydrogens is 482 g/mol. The number of carbonyl (C=O) groups excluding carboxylic acids is 1. The Morgan fingerprint density at radius 3 is 2.33 bits per heavy atom. The zero-order chi connectivity index (χ0) is 25.8. The molecule has 9 atom stereocenters. The van der Waals surface area contributed by atoms with Crippen molar-refractivity contribution in [2.75, 3.05) is 19.5 Å². The molecule has 200 valence electrons. The highest BCUT2D eigenvalue weighted by Gasteiger charge is 2.68. The van der Waals surface area contributed by atoms with Gasteiger partial charge < -0.3 is 28.6 Å². The van der Waals surface area contributed by atoms with Crippen molar-refractivity contribution in [1.29, 1.82) is 0 Å². The number of amides is 1.